The summed E-state index contributed by atoms with van der Waals surface area (Å²) < 4.78 is 1.78. The third-order valence-electron chi connectivity index (χ3n) is 5.23. The molecule has 1 heterocycles. The van der Waals surface area contributed by atoms with Crippen molar-refractivity contribution >= 4 is 0 Å². The van der Waals surface area contributed by atoms with Crippen LogP contribution >= 0.6 is 0 Å². The first kappa shape index (κ1) is 20.4. The third kappa shape index (κ3) is 4.72. The lowest BCUT2D eigenvalue weighted by Crippen LogP contribution is -2.29. The van der Waals surface area contributed by atoms with Gasteiger partial charge in [0.15, 0.2) is 0 Å². The van der Waals surface area contributed by atoms with E-state index in [1.54, 1.807) is 4.68 Å². The zero-order valence-electron chi connectivity index (χ0n) is 18.0. The van der Waals surface area contributed by atoms with Crippen LogP contribution < -0.4 is 11.0 Å². The number of para-hydroxylation sites is 1. The minimum absolute atomic E-state index is 0.482. The van der Waals surface area contributed by atoms with Crippen molar-refractivity contribution in [3.05, 3.63) is 133 Å². The standard InChI is InChI=1S/C28H23N5/c1-5-13-22(14-6-1)21-29-31-28-30-26(23-15-7-2-8-16-23)27(24-17-9-3-10-18-24)32-33(28)25-19-11-4-12-20-25/h1-20,29H,21H2/b31-28+. The first-order valence-electron chi connectivity index (χ1n) is 10.9. The molecule has 0 unspecified atom stereocenters. The zero-order chi connectivity index (χ0) is 22.3. The first-order valence-corrected chi connectivity index (χ1v) is 10.9. The van der Waals surface area contributed by atoms with Gasteiger partial charge in [-0.3, -0.25) is 0 Å². The fourth-order valence-corrected chi connectivity index (χ4v) is 3.59. The molecule has 160 valence electrons. The van der Waals surface area contributed by atoms with Crippen LogP contribution in [0.15, 0.2) is 126 Å². The maximum atomic E-state index is 5.04. The van der Waals surface area contributed by atoms with E-state index >= 15 is 0 Å². The van der Waals surface area contributed by atoms with Gasteiger partial charge in [-0.15, -0.1) is 5.10 Å². The van der Waals surface area contributed by atoms with Crippen LogP contribution in [0.1, 0.15) is 5.56 Å². The topological polar surface area (TPSA) is 55.1 Å². The number of nitrogens with zero attached hydrogens (tertiary/aromatic N) is 4. The number of rotatable bonds is 6. The average Bonchev–Trinajstić information content (AvgIpc) is 2.90. The largest absolute Gasteiger partial charge is 0.302 e. The highest BCUT2D eigenvalue weighted by molar-refractivity contribution is 5.77. The zero-order valence-corrected chi connectivity index (χ0v) is 18.0. The Hall–Kier alpha value is -4.51. The lowest BCUT2D eigenvalue weighted by Gasteiger charge is -2.13. The van der Waals surface area contributed by atoms with Crippen LogP contribution in [0, 0.1) is 0 Å². The highest BCUT2D eigenvalue weighted by Gasteiger charge is 2.14. The van der Waals surface area contributed by atoms with Crippen LogP contribution in [-0.4, -0.2) is 14.8 Å². The molecule has 5 heteroatoms. The third-order valence-corrected chi connectivity index (χ3v) is 5.23. The second-order valence-electron chi connectivity index (χ2n) is 7.52. The van der Waals surface area contributed by atoms with Crippen LogP contribution in [0.4, 0.5) is 0 Å². The lowest BCUT2D eigenvalue weighted by atomic mass is 10.0. The van der Waals surface area contributed by atoms with Crippen molar-refractivity contribution < 1.29 is 0 Å². The second-order valence-corrected chi connectivity index (χ2v) is 7.52. The first-order chi connectivity index (χ1) is 16.4. The van der Waals surface area contributed by atoms with Crippen molar-refractivity contribution in [3.8, 4) is 28.2 Å². The summed E-state index contributed by atoms with van der Waals surface area (Å²) in [6.07, 6.45) is 0. The van der Waals surface area contributed by atoms with Crippen LogP contribution in [0.5, 0.6) is 0 Å². The molecule has 4 aromatic carbocycles. The second kappa shape index (κ2) is 9.75. The molecule has 0 radical (unpaired) electrons. The van der Waals surface area contributed by atoms with E-state index < -0.39 is 0 Å². The predicted octanol–water partition coefficient (Wildman–Crippen LogP) is 5.21. The molecule has 0 fully saturated rings. The van der Waals surface area contributed by atoms with E-state index in [0.717, 1.165) is 33.8 Å². The highest BCUT2D eigenvalue weighted by Crippen LogP contribution is 2.27. The number of hydrogen-bond donors (Lipinski definition) is 1. The summed E-state index contributed by atoms with van der Waals surface area (Å²) >= 11 is 0. The van der Waals surface area contributed by atoms with Gasteiger partial charge in [-0.2, -0.15) is 9.78 Å². The smallest absolute Gasteiger partial charge is 0.268 e. The molecule has 0 amide bonds. The van der Waals surface area contributed by atoms with Crippen molar-refractivity contribution in [2.24, 2.45) is 5.10 Å². The van der Waals surface area contributed by atoms with Crippen LogP contribution in [0.2, 0.25) is 0 Å². The molecule has 0 saturated heterocycles. The fraction of sp³-hybridized carbons (Fsp3) is 0.0357. The van der Waals surface area contributed by atoms with Gasteiger partial charge in [0.1, 0.15) is 11.4 Å². The Bertz CT molecular complexity index is 1380. The van der Waals surface area contributed by atoms with E-state index in [4.69, 9.17) is 10.1 Å². The van der Waals surface area contributed by atoms with Crippen LogP contribution in [0.3, 0.4) is 0 Å². The monoisotopic (exact) mass is 429 g/mol. The van der Waals surface area contributed by atoms with Crippen molar-refractivity contribution in [2.75, 3.05) is 0 Å². The van der Waals surface area contributed by atoms with Gasteiger partial charge in [0.05, 0.1) is 12.2 Å². The SMILES string of the molecule is c1ccc(CN/N=c2\nc(-c3ccccc3)c(-c3ccccc3)nn2-c2ccccc2)cc1. The van der Waals surface area contributed by atoms with Gasteiger partial charge in [0.25, 0.3) is 5.62 Å². The van der Waals surface area contributed by atoms with E-state index in [1.165, 1.54) is 0 Å². The number of benzene rings is 4. The molecule has 0 aliphatic heterocycles. The molecule has 1 N–H and O–H groups in total. The van der Waals surface area contributed by atoms with Gasteiger partial charge in [-0.25, -0.2) is 4.98 Å². The van der Waals surface area contributed by atoms with Gasteiger partial charge >= 0.3 is 0 Å². The number of aromatic nitrogens is 3. The fourth-order valence-electron chi connectivity index (χ4n) is 3.59. The molecular weight excluding hydrogens is 406 g/mol. The molecule has 1 aromatic heterocycles. The van der Waals surface area contributed by atoms with E-state index in [-0.39, 0.29) is 0 Å². The molecule has 5 rings (SSSR count). The Balaban J connectivity index is 1.69. The molecule has 5 nitrogen and oxygen atoms in total. The van der Waals surface area contributed by atoms with Gasteiger partial charge in [-0.1, -0.05) is 109 Å². The van der Waals surface area contributed by atoms with Crippen molar-refractivity contribution in [1.29, 1.82) is 0 Å². The summed E-state index contributed by atoms with van der Waals surface area (Å²) in [5.41, 5.74) is 9.26. The molecule has 0 aliphatic carbocycles. The maximum Gasteiger partial charge on any atom is 0.268 e. The van der Waals surface area contributed by atoms with Gasteiger partial charge in [0, 0.05) is 11.1 Å². The van der Waals surface area contributed by atoms with E-state index in [0.29, 0.717) is 12.2 Å². The minimum atomic E-state index is 0.482. The minimum Gasteiger partial charge on any atom is -0.302 e. The molecule has 0 aliphatic rings. The normalized spacial score (nSPS) is 11.3. The predicted molar refractivity (Wildman–Crippen MR) is 131 cm³/mol. The van der Waals surface area contributed by atoms with Gasteiger partial charge in [-0.05, 0) is 17.7 Å². The summed E-state index contributed by atoms with van der Waals surface area (Å²) in [6.45, 7) is 0.596. The molecule has 0 saturated carbocycles. The summed E-state index contributed by atoms with van der Waals surface area (Å²) in [6, 6.07) is 40.4. The Morgan fingerprint density at radius 3 is 1.73 bits per heavy atom. The molecule has 33 heavy (non-hydrogen) atoms. The molecule has 5 aromatic rings. The molecular formula is C28H23N5. The van der Waals surface area contributed by atoms with E-state index in [9.17, 15) is 0 Å². The van der Waals surface area contributed by atoms with E-state index in [1.807, 2.05) is 97.1 Å². The summed E-state index contributed by atoms with van der Waals surface area (Å²) in [4.78, 5) is 5.00. The molecule has 0 atom stereocenters. The van der Waals surface area contributed by atoms with Gasteiger partial charge < -0.3 is 5.43 Å². The summed E-state index contributed by atoms with van der Waals surface area (Å²) in [5.74, 6) is 0. The van der Waals surface area contributed by atoms with Crippen molar-refractivity contribution in [1.82, 2.24) is 20.2 Å². The van der Waals surface area contributed by atoms with Crippen LogP contribution in [0.25, 0.3) is 28.2 Å². The quantitative estimate of drug-likeness (QED) is 0.377. The Kier molecular flexibility index (Phi) is 6.02. The highest BCUT2D eigenvalue weighted by atomic mass is 15.4. The number of nitrogens with one attached hydrogen (secondary N) is 1. The Labute approximate surface area is 192 Å². The molecule has 0 bridgehead atoms. The lowest BCUT2D eigenvalue weighted by molar-refractivity contribution is 0.649. The van der Waals surface area contributed by atoms with E-state index in [2.05, 4.69) is 34.8 Å². The van der Waals surface area contributed by atoms with Gasteiger partial charge in [0.2, 0.25) is 0 Å². The van der Waals surface area contributed by atoms with Crippen molar-refractivity contribution in [3.63, 3.8) is 0 Å². The maximum absolute atomic E-state index is 5.04. The summed E-state index contributed by atoms with van der Waals surface area (Å²) in [7, 11) is 0. The molecule has 0 spiro atoms. The van der Waals surface area contributed by atoms with Crippen LogP contribution in [-0.2, 0) is 6.54 Å². The summed E-state index contributed by atoms with van der Waals surface area (Å²) in [5, 5.41) is 9.67. The Morgan fingerprint density at radius 1 is 0.606 bits per heavy atom. The Morgan fingerprint density at radius 2 is 1.12 bits per heavy atom. The van der Waals surface area contributed by atoms with Crippen molar-refractivity contribution in [2.45, 2.75) is 6.54 Å². The average molecular weight is 430 g/mol. The number of hydrogen-bond acceptors (Lipinski definition) is 4.